The number of halogens is 3. The molecule has 174 valence electrons. The fourth-order valence-electron chi connectivity index (χ4n) is 2.86. The van der Waals surface area contributed by atoms with Gasteiger partial charge in [-0.05, 0) is 43.7 Å². The van der Waals surface area contributed by atoms with Gasteiger partial charge in [0.15, 0.2) is 5.13 Å². The molecule has 5 nitrogen and oxygen atoms in total. The van der Waals surface area contributed by atoms with Crippen molar-refractivity contribution in [2.24, 2.45) is 0 Å². The number of carbonyl (C=O) groups is 2. The van der Waals surface area contributed by atoms with Crippen molar-refractivity contribution in [1.82, 2.24) is 4.98 Å². The van der Waals surface area contributed by atoms with Crippen LogP contribution in [0.3, 0.4) is 0 Å². The normalized spacial score (nSPS) is 11.0. The molecule has 1 heterocycles. The zero-order valence-corrected chi connectivity index (χ0v) is 19.0. The lowest BCUT2D eigenvalue weighted by Gasteiger charge is -2.06. The predicted molar refractivity (Wildman–Crippen MR) is 125 cm³/mol. The van der Waals surface area contributed by atoms with Crippen LogP contribution in [0.5, 0.6) is 0 Å². The van der Waals surface area contributed by atoms with Crippen molar-refractivity contribution in [3.8, 4) is 23.1 Å². The maximum atomic E-state index is 14.8. The minimum absolute atomic E-state index is 0.105. The number of unbranched alkanes of at least 4 members (excludes halogenated alkanes) is 1. The van der Waals surface area contributed by atoms with E-state index in [0.717, 1.165) is 36.0 Å². The van der Waals surface area contributed by atoms with Crippen LogP contribution in [-0.2, 0) is 4.79 Å². The molecule has 0 saturated carbocycles. The molecule has 0 saturated heterocycles. The first-order chi connectivity index (χ1) is 16.2. The molecule has 0 aliphatic carbocycles. The van der Waals surface area contributed by atoms with Crippen molar-refractivity contribution in [1.29, 1.82) is 0 Å². The van der Waals surface area contributed by atoms with Gasteiger partial charge in [0.05, 0.1) is 11.3 Å². The second-order valence-corrected chi connectivity index (χ2v) is 8.06. The van der Waals surface area contributed by atoms with Gasteiger partial charge in [-0.1, -0.05) is 24.8 Å². The Labute approximate surface area is 198 Å². The Balaban J connectivity index is 1.82. The van der Waals surface area contributed by atoms with E-state index in [9.17, 15) is 22.8 Å². The van der Waals surface area contributed by atoms with Crippen LogP contribution in [0.15, 0.2) is 41.3 Å². The quantitative estimate of drug-likeness (QED) is 0.326. The van der Waals surface area contributed by atoms with E-state index in [1.807, 2.05) is 6.92 Å². The zero-order chi connectivity index (χ0) is 24.8. The number of thiazole rings is 1. The number of hydrogen-bond acceptors (Lipinski definition) is 4. The number of carbonyl (C=O) groups excluding carboxylic acids is 1. The lowest BCUT2D eigenvalue weighted by Crippen LogP contribution is -2.13. The molecule has 0 aliphatic rings. The molecule has 1 amide bonds. The average Bonchev–Trinajstić information content (AvgIpc) is 3.25. The Bertz CT molecular complexity index is 1330. The Morgan fingerprint density at radius 3 is 2.56 bits per heavy atom. The Hall–Kier alpha value is -3.90. The standard InChI is InChI=1S/C25H19F3N2O3S/c1-3-4-5-7-15-8-6-9-17(22(15)28)21-13-34-25(29-21)30-23(31)16-11-19(26)18(20(27)12-16)10-14(2)24(32)33/h6,8-13H,3-4H2,1-2H3,(H,32,33)(H,29,30,31). The van der Waals surface area contributed by atoms with Crippen LogP contribution in [0.2, 0.25) is 0 Å². The average molecular weight is 484 g/mol. The number of amides is 1. The van der Waals surface area contributed by atoms with Crippen LogP contribution in [0.1, 0.15) is 48.2 Å². The third kappa shape index (κ3) is 5.71. The molecule has 1 aromatic heterocycles. The minimum Gasteiger partial charge on any atom is -0.478 e. The molecule has 0 fully saturated rings. The molecule has 2 N–H and O–H groups in total. The van der Waals surface area contributed by atoms with Crippen molar-refractivity contribution in [3.05, 3.63) is 75.4 Å². The number of aliphatic carboxylic acids is 1. The van der Waals surface area contributed by atoms with E-state index >= 15 is 0 Å². The van der Waals surface area contributed by atoms with Gasteiger partial charge in [0.2, 0.25) is 0 Å². The first-order valence-electron chi connectivity index (χ1n) is 10.2. The summed E-state index contributed by atoms with van der Waals surface area (Å²) >= 11 is 1.02. The minimum atomic E-state index is -1.32. The third-order valence-electron chi connectivity index (χ3n) is 4.64. The van der Waals surface area contributed by atoms with Crippen LogP contribution in [-0.4, -0.2) is 22.0 Å². The van der Waals surface area contributed by atoms with Gasteiger partial charge in [-0.25, -0.2) is 22.9 Å². The number of anilines is 1. The van der Waals surface area contributed by atoms with E-state index in [1.165, 1.54) is 13.0 Å². The molecule has 0 unspecified atom stereocenters. The molecule has 2 aromatic carbocycles. The number of nitrogens with one attached hydrogen (secondary N) is 1. The second-order valence-electron chi connectivity index (χ2n) is 7.20. The highest BCUT2D eigenvalue weighted by molar-refractivity contribution is 7.14. The van der Waals surface area contributed by atoms with E-state index < -0.39 is 34.9 Å². The zero-order valence-electron chi connectivity index (χ0n) is 18.2. The molecule has 3 aromatic rings. The van der Waals surface area contributed by atoms with Gasteiger partial charge in [-0.15, -0.1) is 11.3 Å². The van der Waals surface area contributed by atoms with E-state index in [4.69, 9.17) is 5.11 Å². The van der Waals surface area contributed by atoms with Gasteiger partial charge >= 0.3 is 5.97 Å². The summed E-state index contributed by atoms with van der Waals surface area (Å²) in [6.07, 6.45) is 2.35. The number of carboxylic acid groups (broad SMARTS) is 1. The summed E-state index contributed by atoms with van der Waals surface area (Å²) in [7, 11) is 0. The van der Waals surface area contributed by atoms with Gasteiger partial charge in [0.25, 0.3) is 5.91 Å². The Morgan fingerprint density at radius 2 is 1.91 bits per heavy atom. The summed E-state index contributed by atoms with van der Waals surface area (Å²) in [5, 5.41) is 13.0. The van der Waals surface area contributed by atoms with E-state index in [0.29, 0.717) is 6.42 Å². The Morgan fingerprint density at radius 1 is 1.21 bits per heavy atom. The molecule has 0 atom stereocenters. The van der Waals surface area contributed by atoms with Gasteiger partial charge < -0.3 is 5.11 Å². The summed E-state index contributed by atoms with van der Waals surface area (Å²) < 4.78 is 43.5. The largest absolute Gasteiger partial charge is 0.478 e. The summed E-state index contributed by atoms with van der Waals surface area (Å²) in [5.41, 5.74) is -0.427. The van der Waals surface area contributed by atoms with Crippen molar-refractivity contribution in [3.63, 3.8) is 0 Å². The molecule has 3 rings (SSSR count). The van der Waals surface area contributed by atoms with Gasteiger partial charge in [-0.3, -0.25) is 10.1 Å². The van der Waals surface area contributed by atoms with Crippen LogP contribution >= 0.6 is 11.3 Å². The van der Waals surface area contributed by atoms with Crippen LogP contribution in [0.4, 0.5) is 18.3 Å². The van der Waals surface area contributed by atoms with E-state index in [-0.39, 0.29) is 33.1 Å². The van der Waals surface area contributed by atoms with Crippen molar-refractivity contribution >= 4 is 34.4 Å². The molecule has 34 heavy (non-hydrogen) atoms. The molecule has 9 heteroatoms. The highest BCUT2D eigenvalue weighted by Crippen LogP contribution is 2.29. The smallest absolute Gasteiger partial charge is 0.331 e. The molecule has 0 aliphatic heterocycles. The molecule has 0 spiro atoms. The fraction of sp³-hybridized carbons (Fsp3) is 0.160. The van der Waals surface area contributed by atoms with Crippen molar-refractivity contribution in [2.75, 3.05) is 5.32 Å². The topological polar surface area (TPSA) is 79.3 Å². The Kier molecular flexibility index (Phi) is 7.87. The maximum Gasteiger partial charge on any atom is 0.331 e. The molecule has 0 radical (unpaired) electrons. The first kappa shape index (κ1) is 24.7. The van der Waals surface area contributed by atoms with E-state index in [2.05, 4.69) is 22.1 Å². The summed E-state index contributed by atoms with van der Waals surface area (Å²) in [5.74, 6) is 0.820. The summed E-state index contributed by atoms with van der Waals surface area (Å²) in [6.45, 7) is 3.17. The van der Waals surface area contributed by atoms with Crippen LogP contribution in [0.25, 0.3) is 17.3 Å². The number of rotatable bonds is 6. The van der Waals surface area contributed by atoms with Gasteiger partial charge in [-0.2, -0.15) is 0 Å². The lowest BCUT2D eigenvalue weighted by molar-refractivity contribution is -0.132. The fourth-order valence-corrected chi connectivity index (χ4v) is 3.57. The molecule has 0 bridgehead atoms. The predicted octanol–water partition coefficient (Wildman–Crippen LogP) is 6.12. The summed E-state index contributed by atoms with van der Waals surface area (Å²) in [6, 6.07) is 6.35. The van der Waals surface area contributed by atoms with Gasteiger partial charge in [0.1, 0.15) is 17.5 Å². The first-order valence-corrected chi connectivity index (χ1v) is 11.0. The van der Waals surface area contributed by atoms with E-state index in [1.54, 1.807) is 17.5 Å². The lowest BCUT2D eigenvalue weighted by atomic mass is 10.1. The number of hydrogen-bond donors (Lipinski definition) is 2. The summed E-state index contributed by atoms with van der Waals surface area (Å²) in [4.78, 5) is 27.6. The van der Waals surface area contributed by atoms with Crippen LogP contribution in [0, 0.1) is 29.3 Å². The van der Waals surface area contributed by atoms with Crippen LogP contribution < -0.4 is 5.32 Å². The number of benzene rings is 2. The second kappa shape index (κ2) is 10.8. The molecular weight excluding hydrogens is 465 g/mol. The highest BCUT2D eigenvalue weighted by Gasteiger charge is 2.17. The number of nitrogens with zero attached hydrogens (tertiary/aromatic N) is 1. The SMILES string of the molecule is CCCC#Cc1cccc(-c2csc(NC(=O)c3cc(F)c(C=C(C)C(=O)O)c(F)c3)n2)c1F. The highest BCUT2D eigenvalue weighted by atomic mass is 32.1. The van der Waals surface area contributed by atoms with Crippen molar-refractivity contribution in [2.45, 2.75) is 26.7 Å². The maximum absolute atomic E-state index is 14.8. The third-order valence-corrected chi connectivity index (χ3v) is 5.39. The molecular formula is C25H19F3N2O3S. The van der Waals surface area contributed by atoms with Gasteiger partial charge in [0, 0.05) is 34.1 Å². The van der Waals surface area contributed by atoms with Crippen molar-refractivity contribution < 1.29 is 27.9 Å². The monoisotopic (exact) mass is 484 g/mol. The number of carboxylic acids is 1. The number of aromatic nitrogens is 1.